The van der Waals surface area contributed by atoms with E-state index >= 15 is 0 Å². The fraction of sp³-hybridized carbons (Fsp3) is 0. The van der Waals surface area contributed by atoms with Gasteiger partial charge in [-0.1, -0.05) is 12.1 Å². The molecule has 0 spiro atoms. The molecule has 8 bridgehead atoms. The van der Waals surface area contributed by atoms with Crippen LogP contribution in [0.4, 0.5) is 0 Å². The Labute approximate surface area is 80.1 Å². The third-order valence-electron chi connectivity index (χ3n) is 3.63. The van der Waals surface area contributed by atoms with Gasteiger partial charge in [0.15, 0.2) is 0 Å². The van der Waals surface area contributed by atoms with Gasteiger partial charge >= 0.3 is 0 Å². The Hall–Kier alpha value is -1.82. The predicted octanol–water partition coefficient (Wildman–Crippen LogP) is 4.05. The second-order valence-corrected chi connectivity index (χ2v) is 4.31. The molecular formula is C14H6. The van der Waals surface area contributed by atoms with Crippen molar-refractivity contribution in [2.75, 3.05) is 0 Å². The molecule has 14 heavy (non-hydrogen) atoms. The van der Waals surface area contributed by atoms with E-state index in [0.29, 0.717) is 0 Å². The van der Waals surface area contributed by atoms with Crippen molar-refractivity contribution in [2.24, 2.45) is 0 Å². The highest BCUT2D eigenvalue weighted by Gasteiger charge is 2.19. The van der Waals surface area contributed by atoms with Gasteiger partial charge in [0.25, 0.3) is 0 Å². The summed E-state index contributed by atoms with van der Waals surface area (Å²) in [4.78, 5) is 0. The summed E-state index contributed by atoms with van der Waals surface area (Å²) >= 11 is 0. The van der Waals surface area contributed by atoms with Crippen LogP contribution in [0.15, 0.2) is 36.4 Å². The largest absolute Gasteiger partial charge is 0.0543 e. The number of rotatable bonds is 0. The zero-order chi connectivity index (χ0) is 8.86. The molecule has 0 radical (unpaired) electrons. The van der Waals surface area contributed by atoms with Crippen molar-refractivity contribution in [3.63, 3.8) is 0 Å². The number of hydrogen-bond acceptors (Lipinski definition) is 0. The minimum atomic E-state index is 1.35. The van der Waals surface area contributed by atoms with Gasteiger partial charge in [-0.25, -0.2) is 0 Å². The molecule has 0 unspecified atom stereocenters. The maximum Gasteiger partial charge on any atom is -0.00253 e. The van der Waals surface area contributed by atoms with E-state index in [1.165, 1.54) is 43.1 Å². The molecule has 0 fully saturated rings. The van der Waals surface area contributed by atoms with Gasteiger partial charge in [0.1, 0.15) is 0 Å². The van der Waals surface area contributed by atoms with Crippen LogP contribution in [0.25, 0.3) is 43.1 Å². The smallest absolute Gasteiger partial charge is 0.00253 e. The third kappa shape index (κ3) is 0.385. The van der Waals surface area contributed by atoms with E-state index in [1.54, 1.807) is 0 Å². The molecule has 0 aliphatic carbocycles. The standard InChI is InChI=1S/C14H6/c1-2-8-5-9-6-11-10-3-7(1)4-12(13(8)11)14(9)10/h1-6H. The van der Waals surface area contributed by atoms with Crippen LogP contribution < -0.4 is 0 Å². The Kier molecular flexibility index (Phi) is 0.606. The molecule has 6 aromatic carbocycles. The van der Waals surface area contributed by atoms with Crippen LogP contribution in [0.2, 0.25) is 0 Å². The first kappa shape index (κ1) is 5.82. The predicted molar refractivity (Wildman–Crippen MR) is 61.2 cm³/mol. The minimum absolute atomic E-state index is 1.35. The second kappa shape index (κ2) is 1.46. The summed E-state index contributed by atoms with van der Waals surface area (Å²) in [5.74, 6) is 0. The van der Waals surface area contributed by atoms with Crippen molar-refractivity contribution < 1.29 is 0 Å². The zero-order valence-electron chi connectivity index (χ0n) is 7.46. The first-order chi connectivity index (χ1) is 6.92. The van der Waals surface area contributed by atoms with Gasteiger partial charge in [0.2, 0.25) is 0 Å². The Morgan fingerprint density at radius 1 is 0.571 bits per heavy atom. The molecule has 0 N–H and O–H groups in total. The van der Waals surface area contributed by atoms with E-state index in [-0.39, 0.29) is 0 Å². The van der Waals surface area contributed by atoms with Gasteiger partial charge in [-0.3, -0.25) is 0 Å². The molecule has 0 aromatic heterocycles. The molecule has 0 atom stereocenters. The van der Waals surface area contributed by atoms with Crippen LogP contribution in [-0.2, 0) is 0 Å². The van der Waals surface area contributed by atoms with E-state index in [0.717, 1.165) is 0 Å². The molecule has 62 valence electrons. The van der Waals surface area contributed by atoms with Crippen molar-refractivity contribution in [3.8, 4) is 0 Å². The SMILES string of the molecule is c1cc2cc3cc4c5cc1cc(c35)c24. The molecule has 0 aliphatic rings. The lowest BCUT2D eigenvalue weighted by Gasteiger charge is -2.00. The Morgan fingerprint density at radius 2 is 1.36 bits per heavy atom. The van der Waals surface area contributed by atoms with Crippen LogP contribution >= 0.6 is 0 Å². The molecule has 6 aromatic rings. The Bertz CT molecular complexity index is 848. The first-order valence-electron chi connectivity index (χ1n) is 4.97. The van der Waals surface area contributed by atoms with Crippen LogP contribution in [0.3, 0.4) is 0 Å². The van der Waals surface area contributed by atoms with Crippen molar-refractivity contribution in [1.29, 1.82) is 0 Å². The summed E-state index contributed by atoms with van der Waals surface area (Å²) < 4.78 is 0. The van der Waals surface area contributed by atoms with Gasteiger partial charge in [0, 0.05) is 0 Å². The lowest BCUT2D eigenvalue weighted by atomic mass is 10.0. The fourth-order valence-electron chi connectivity index (χ4n) is 3.12. The monoisotopic (exact) mass is 174 g/mol. The maximum atomic E-state index is 2.33. The average molecular weight is 174 g/mol. The molecule has 0 heteroatoms. The molecule has 0 saturated carbocycles. The van der Waals surface area contributed by atoms with Crippen molar-refractivity contribution in [2.45, 2.75) is 0 Å². The highest BCUT2D eigenvalue weighted by molar-refractivity contribution is 6.41. The number of fused-ring (bicyclic) bond motifs is 1. The van der Waals surface area contributed by atoms with Crippen LogP contribution in [0.5, 0.6) is 0 Å². The average Bonchev–Trinajstić information content (AvgIpc) is 2.57. The van der Waals surface area contributed by atoms with E-state index < -0.39 is 0 Å². The zero-order valence-corrected chi connectivity index (χ0v) is 7.46. The van der Waals surface area contributed by atoms with Gasteiger partial charge in [-0.15, -0.1) is 0 Å². The summed E-state index contributed by atoms with van der Waals surface area (Å²) in [5.41, 5.74) is 0. The lowest BCUT2D eigenvalue weighted by molar-refractivity contribution is 1.97. The van der Waals surface area contributed by atoms with E-state index in [2.05, 4.69) is 36.4 Å². The Balaban J connectivity index is 2.61. The van der Waals surface area contributed by atoms with Gasteiger partial charge in [0.05, 0.1) is 0 Å². The summed E-state index contributed by atoms with van der Waals surface area (Å²) in [7, 11) is 0. The van der Waals surface area contributed by atoms with Crippen molar-refractivity contribution in [1.82, 2.24) is 0 Å². The van der Waals surface area contributed by atoms with Crippen molar-refractivity contribution in [3.05, 3.63) is 36.4 Å². The molecule has 0 amide bonds. The maximum absolute atomic E-state index is 2.33. The first-order valence-corrected chi connectivity index (χ1v) is 4.97. The second-order valence-electron chi connectivity index (χ2n) is 4.31. The molecule has 0 aliphatic heterocycles. The number of hydrogen-bond donors (Lipinski definition) is 0. The quantitative estimate of drug-likeness (QED) is 0.332. The third-order valence-corrected chi connectivity index (χ3v) is 3.63. The highest BCUT2D eigenvalue weighted by Crippen LogP contribution is 2.47. The summed E-state index contributed by atoms with van der Waals surface area (Å²) in [5, 5.41) is 11.6. The normalized spacial score (nSPS) is 13.7. The molecular weight excluding hydrogens is 168 g/mol. The molecule has 0 nitrogen and oxygen atoms in total. The molecule has 0 saturated heterocycles. The fourth-order valence-corrected chi connectivity index (χ4v) is 3.12. The van der Waals surface area contributed by atoms with Gasteiger partial charge in [-0.2, -0.15) is 0 Å². The van der Waals surface area contributed by atoms with Crippen LogP contribution in [0.1, 0.15) is 0 Å². The summed E-state index contributed by atoms with van der Waals surface area (Å²) in [6.07, 6.45) is 0. The summed E-state index contributed by atoms with van der Waals surface area (Å²) in [6.45, 7) is 0. The summed E-state index contributed by atoms with van der Waals surface area (Å²) in [6, 6.07) is 13.8. The highest BCUT2D eigenvalue weighted by atomic mass is 14.2. The minimum Gasteiger partial charge on any atom is -0.0543 e. The number of benzene rings is 4. The topological polar surface area (TPSA) is 0 Å². The Morgan fingerprint density at radius 3 is 2.36 bits per heavy atom. The van der Waals surface area contributed by atoms with E-state index in [1.807, 2.05) is 0 Å². The van der Waals surface area contributed by atoms with Gasteiger partial charge < -0.3 is 0 Å². The molecule has 0 heterocycles. The van der Waals surface area contributed by atoms with Crippen molar-refractivity contribution >= 4 is 43.1 Å². The van der Waals surface area contributed by atoms with Crippen LogP contribution in [-0.4, -0.2) is 0 Å². The molecule has 6 rings (SSSR count). The lowest BCUT2D eigenvalue weighted by Crippen LogP contribution is -1.72. The van der Waals surface area contributed by atoms with Gasteiger partial charge in [-0.05, 0) is 67.4 Å². The van der Waals surface area contributed by atoms with E-state index in [9.17, 15) is 0 Å². The van der Waals surface area contributed by atoms with Crippen LogP contribution in [0, 0.1) is 0 Å². The van der Waals surface area contributed by atoms with E-state index in [4.69, 9.17) is 0 Å².